The Kier molecular flexibility index (Phi) is 6.48. The fraction of sp³-hybridized carbons (Fsp3) is 0.429. The van der Waals surface area contributed by atoms with Crippen molar-refractivity contribution >= 4 is 23.5 Å². The lowest BCUT2D eigenvalue weighted by atomic mass is 10.0. The van der Waals surface area contributed by atoms with Crippen LogP contribution in [0.2, 0.25) is 5.02 Å². The van der Waals surface area contributed by atoms with Crippen molar-refractivity contribution in [3.05, 3.63) is 34.9 Å². The van der Waals surface area contributed by atoms with Crippen molar-refractivity contribution in [2.75, 3.05) is 6.61 Å². The standard InChI is InChI=1S/C14H18ClNO4/c1-9(2)20-8-13(17)16-12(7-14(18)19)10-3-5-11(15)6-4-10/h3-6,9,12H,7-8H2,1-2H3,(H,16,17)(H,18,19)/t12-/m0/s1. The third-order valence-corrected chi connectivity index (χ3v) is 2.79. The Balaban J connectivity index is 2.71. The van der Waals surface area contributed by atoms with Crippen LogP contribution >= 0.6 is 11.6 Å². The van der Waals surface area contributed by atoms with Gasteiger partial charge in [-0.1, -0.05) is 23.7 Å². The molecule has 5 nitrogen and oxygen atoms in total. The predicted molar refractivity (Wildman–Crippen MR) is 75.7 cm³/mol. The number of hydrogen-bond donors (Lipinski definition) is 2. The van der Waals surface area contributed by atoms with E-state index in [2.05, 4.69) is 5.32 Å². The van der Waals surface area contributed by atoms with Crippen molar-refractivity contribution in [1.29, 1.82) is 0 Å². The molecule has 6 heteroatoms. The summed E-state index contributed by atoms with van der Waals surface area (Å²) in [5, 5.41) is 12.1. The lowest BCUT2D eigenvalue weighted by Crippen LogP contribution is -2.33. The largest absolute Gasteiger partial charge is 0.481 e. The molecule has 0 saturated heterocycles. The molecule has 0 saturated carbocycles. The molecule has 1 atom stereocenters. The molecular weight excluding hydrogens is 282 g/mol. The number of carboxylic acid groups (broad SMARTS) is 1. The minimum atomic E-state index is -0.991. The minimum Gasteiger partial charge on any atom is -0.481 e. The molecule has 0 aliphatic carbocycles. The number of ether oxygens (including phenoxy) is 1. The quantitative estimate of drug-likeness (QED) is 0.810. The second-order valence-corrected chi connectivity index (χ2v) is 5.07. The first-order valence-corrected chi connectivity index (χ1v) is 6.64. The summed E-state index contributed by atoms with van der Waals surface area (Å²) < 4.78 is 5.18. The maximum Gasteiger partial charge on any atom is 0.305 e. The highest BCUT2D eigenvalue weighted by molar-refractivity contribution is 6.30. The molecule has 0 bridgehead atoms. The molecule has 0 aliphatic rings. The van der Waals surface area contributed by atoms with Gasteiger partial charge in [0, 0.05) is 5.02 Å². The topological polar surface area (TPSA) is 75.6 Å². The van der Waals surface area contributed by atoms with Crippen molar-refractivity contribution < 1.29 is 19.4 Å². The molecule has 0 spiro atoms. The molecule has 20 heavy (non-hydrogen) atoms. The number of benzene rings is 1. The van der Waals surface area contributed by atoms with Gasteiger partial charge in [-0.2, -0.15) is 0 Å². The van der Waals surface area contributed by atoms with E-state index in [1.165, 1.54) is 0 Å². The maximum atomic E-state index is 11.7. The number of halogens is 1. The van der Waals surface area contributed by atoms with Crippen LogP contribution in [-0.2, 0) is 14.3 Å². The van der Waals surface area contributed by atoms with Gasteiger partial charge in [0.1, 0.15) is 6.61 Å². The van der Waals surface area contributed by atoms with Crippen molar-refractivity contribution in [2.45, 2.75) is 32.4 Å². The van der Waals surface area contributed by atoms with Crippen molar-refractivity contribution in [3.8, 4) is 0 Å². The maximum absolute atomic E-state index is 11.7. The van der Waals surface area contributed by atoms with E-state index in [1.807, 2.05) is 13.8 Å². The normalized spacial score (nSPS) is 12.2. The molecule has 110 valence electrons. The summed E-state index contributed by atoms with van der Waals surface area (Å²) in [6, 6.07) is 6.09. The highest BCUT2D eigenvalue weighted by Crippen LogP contribution is 2.19. The molecule has 0 aromatic heterocycles. The lowest BCUT2D eigenvalue weighted by molar-refractivity contribution is -0.138. The Bertz CT molecular complexity index is 459. The van der Waals surface area contributed by atoms with Crippen LogP contribution in [0.4, 0.5) is 0 Å². The number of carbonyl (C=O) groups excluding carboxylic acids is 1. The van der Waals surface area contributed by atoms with Crippen LogP contribution < -0.4 is 5.32 Å². The van der Waals surface area contributed by atoms with Gasteiger partial charge in [-0.15, -0.1) is 0 Å². The summed E-state index contributed by atoms with van der Waals surface area (Å²) >= 11 is 5.79. The molecule has 1 aromatic carbocycles. The average molecular weight is 300 g/mol. The third-order valence-electron chi connectivity index (χ3n) is 2.53. The van der Waals surface area contributed by atoms with Crippen LogP contribution in [0.3, 0.4) is 0 Å². The van der Waals surface area contributed by atoms with Gasteiger partial charge in [-0.25, -0.2) is 0 Å². The van der Waals surface area contributed by atoms with E-state index in [-0.39, 0.29) is 25.0 Å². The number of rotatable bonds is 7. The zero-order valence-corrected chi connectivity index (χ0v) is 12.2. The number of carbonyl (C=O) groups is 2. The van der Waals surface area contributed by atoms with Gasteiger partial charge in [-0.05, 0) is 31.5 Å². The van der Waals surface area contributed by atoms with E-state index >= 15 is 0 Å². The summed E-state index contributed by atoms with van der Waals surface area (Å²) in [5.74, 6) is -1.34. The highest BCUT2D eigenvalue weighted by atomic mass is 35.5. The molecule has 0 radical (unpaired) electrons. The zero-order valence-electron chi connectivity index (χ0n) is 11.4. The second kappa shape index (κ2) is 7.87. The average Bonchev–Trinajstić information content (AvgIpc) is 2.36. The minimum absolute atomic E-state index is 0.0609. The molecule has 0 fully saturated rings. The molecule has 1 amide bonds. The summed E-state index contributed by atoms with van der Waals surface area (Å²) in [6.45, 7) is 3.55. The van der Waals surface area contributed by atoms with E-state index in [4.69, 9.17) is 21.4 Å². The number of carboxylic acids is 1. The number of aliphatic carboxylic acids is 1. The van der Waals surface area contributed by atoms with Crippen LogP contribution in [-0.4, -0.2) is 29.7 Å². The monoisotopic (exact) mass is 299 g/mol. The number of amides is 1. The molecular formula is C14H18ClNO4. The third kappa shape index (κ3) is 6.04. The Labute approximate surface area is 122 Å². The molecule has 0 aliphatic heterocycles. The molecule has 1 rings (SSSR count). The van der Waals surface area contributed by atoms with Gasteiger partial charge in [0.15, 0.2) is 0 Å². The first-order valence-electron chi connectivity index (χ1n) is 6.26. The Morgan fingerprint density at radius 1 is 1.30 bits per heavy atom. The van der Waals surface area contributed by atoms with Crippen LogP contribution in [0.1, 0.15) is 31.9 Å². The highest BCUT2D eigenvalue weighted by Gasteiger charge is 2.18. The fourth-order valence-electron chi connectivity index (χ4n) is 1.60. The van der Waals surface area contributed by atoms with Crippen LogP contribution in [0, 0.1) is 0 Å². The Morgan fingerprint density at radius 3 is 2.40 bits per heavy atom. The van der Waals surface area contributed by atoms with Gasteiger partial charge in [0.2, 0.25) is 5.91 Å². The van der Waals surface area contributed by atoms with Gasteiger partial charge < -0.3 is 15.2 Å². The van der Waals surface area contributed by atoms with E-state index < -0.39 is 12.0 Å². The van der Waals surface area contributed by atoms with E-state index in [0.29, 0.717) is 10.6 Å². The smallest absolute Gasteiger partial charge is 0.305 e. The summed E-state index contributed by atoms with van der Waals surface area (Å²) in [6.07, 6.45) is -0.260. The van der Waals surface area contributed by atoms with Crippen LogP contribution in [0.5, 0.6) is 0 Å². The summed E-state index contributed by atoms with van der Waals surface area (Å²) in [7, 11) is 0. The van der Waals surface area contributed by atoms with Crippen molar-refractivity contribution in [2.24, 2.45) is 0 Å². The molecule has 2 N–H and O–H groups in total. The number of hydrogen-bond acceptors (Lipinski definition) is 3. The summed E-state index contributed by atoms with van der Waals surface area (Å²) in [4.78, 5) is 22.6. The summed E-state index contributed by atoms with van der Waals surface area (Å²) in [5.41, 5.74) is 0.690. The number of nitrogens with one attached hydrogen (secondary N) is 1. The van der Waals surface area contributed by atoms with E-state index in [0.717, 1.165) is 0 Å². The van der Waals surface area contributed by atoms with Gasteiger partial charge in [0.05, 0.1) is 18.6 Å². The predicted octanol–water partition coefficient (Wildman–Crippen LogP) is 2.40. The van der Waals surface area contributed by atoms with Crippen LogP contribution in [0.25, 0.3) is 0 Å². The van der Waals surface area contributed by atoms with Gasteiger partial charge >= 0.3 is 5.97 Å². The SMILES string of the molecule is CC(C)OCC(=O)N[C@@H](CC(=O)O)c1ccc(Cl)cc1. The van der Waals surface area contributed by atoms with Gasteiger partial charge in [0.25, 0.3) is 0 Å². The van der Waals surface area contributed by atoms with Gasteiger partial charge in [-0.3, -0.25) is 9.59 Å². The zero-order chi connectivity index (χ0) is 15.1. The van der Waals surface area contributed by atoms with Crippen LogP contribution in [0.15, 0.2) is 24.3 Å². The first-order chi connectivity index (χ1) is 9.38. The lowest BCUT2D eigenvalue weighted by Gasteiger charge is -2.18. The van der Waals surface area contributed by atoms with Crippen molar-refractivity contribution in [1.82, 2.24) is 5.32 Å². The Hall–Kier alpha value is -1.59. The van der Waals surface area contributed by atoms with E-state index in [1.54, 1.807) is 24.3 Å². The Morgan fingerprint density at radius 2 is 1.90 bits per heavy atom. The van der Waals surface area contributed by atoms with Crippen molar-refractivity contribution in [3.63, 3.8) is 0 Å². The van der Waals surface area contributed by atoms with E-state index in [9.17, 15) is 9.59 Å². The fourth-order valence-corrected chi connectivity index (χ4v) is 1.73. The molecule has 1 aromatic rings. The first kappa shape index (κ1) is 16.5. The molecule has 0 unspecified atom stereocenters. The second-order valence-electron chi connectivity index (χ2n) is 4.63. The molecule has 0 heterocycles.